The van der Waals surface area contributed by atoms with Gasteiger partial charge in [0.25, 0.3) is 0 Å². The summed E-state index contributed by atoms with van der Waals surface area (Å²) in [6.45, 7) is 1.48. The molecule has 8 heteroatoms. The van der Waals surface area contributed by atoms with Crippen LogP contribution in [0, 0.1) is 11.6 Å². The summed E-state index contributed by atoms with van der Waals surface area (Å²) < 4.78 is 26.8. The quantitative estimate of drug-likeness (QED) is 0.458. The van der Waals surface area contributed by atoms with Gasteiger partial charge in [-0.2, -0.15) is 0 Å². The first-order chi connectivity index (χ1) is 17.8. The predicted molar refractivity (Wildman–Crippen MR) is 136 cm³/mol. The number of rotatable bonds is 7. The van der Waals surface area contributed by atoms with Crippen LogP contribution in [0.4, 0.5) is 8.78 Å². The molecule has 0 fully saturated rings. The third kappa shape index (κ3) is 6.88. The molecule has 1 aliphatic rings. The maximum absolute atomic E-state index is 13.4. The Bertz CT molecular complexity index is 1290. The van der Waals surface area contributed by atoms with Crippen molar-refractivity contribution >= 4 is 23.3 Å². The van der Waals surface area contributed by atoms with E-state index in [1.807, 2.05) is 66.7 Å². The number of benzene rings is 3. The molecule has 3 N–H and O–H groups in total. The fourth-order valence-electron chi connectivity index (χ4n) is 4.25. The van der Waals surface area contributed by atoms with Gasteiger partial charge in [0, 0.05) is 12.5 Å². The molecule has 0 aliphatic carbocycles. The monoisotopic (exact) mass is 503 g/mol. The molecule has 3 aromatic rings. The molecule has 3 amide bonds. The highest BCUT2D eigenvalue weighted by Gasteiger charge is 2.30. The Kier molecular flexibility index (Phi) is 8.08. The van der Waals surface area contributed by atoms with Gasteiger partial charge in [-0.15, -0.1) is 0 Å². The van der Waals surface area contributed by atoms with Crippen LogP contribution < -0.4 is 16.0 Å². The van der Waals surface area contributed by atoms with Crippen molar-refractivity contribution in [1.82, 2.24) is 16.0 Å². The largest absolute Gasteiger partial charge is 0.344 e. The molecule has 0 aromatic heterocycles. The maximum Gasteiger partial charge on any atom is 0.243 e. The number of hydrogen-bond donors (Lipinski definition) is 3. The van der Waals surface area contributed by atoms with Crippen molar-refractivity contribution in [2.24, 2.45) is 0 Å². The molecule has 0 saturated carbocycles. The van der Waals surface area contributed by atoms with Gasteiger partial charge >= 0.3 is 0 Å². The van der Waals surface area contributed by atoms with Crippen molar-refractivity contribution in [3.8, 4) is 0 Å². The second-order valence-electron chi connectivity index (χ2n) is 8.96. The van der Waals surface area contributed by atoms with Crippen LogP contribution in [-0.4, -0.2) is 29.8 Å². The van der Waals surface area contributed by atoms with Gasteiger partial charge in [-0.1, -0.05) is 66.7 Å². The summed E-state index contributed by atoms with van der Waals surface area (Å²) in [5.74, 6) is -3.05. The molecule has 4 rings (SSSR count). The maximum atomic E-state index is 13.4. The van der Waals surface area contributed by atoms with E-state index in [4.69, 9.17) is 0 Å². The van der Waals surface area contributed by atoms with Crippen LogP contribution in [0.15, 0.2) is 84.9 Å². The van der Waals surface area contributed by atoms with Crippen molar-refractivity contribution in [3.05, 3.63) is 113 Å². The first kappa shape index (κ1) is 25.8. The summed E-state index contributed by atoms with van der Waals surface area (Å²) in [5.41, 5.74) is 2.88. The Labute approximate surface area is 213 Å². The van der Waals surface area contributed by atoms with Crippen LogP contribution in [0.3, 0.4) is 0 Å². The minimum absolute atomic E-state index is 0.148. The first-order valence-corrected chi connectivity index (χ1v) is 11.9. The van der Waals surface area contributed by atoms with E-state index in [1.54, 1.807) is 0 Å². The number of hydrogen-bond acceptors (Lipinski definition) is 3. The molecule has 0 bridgehead atoms. The van der Waals surface area contributed by atoms with Gasteiger partial charge in [0.05, 0.1) is 12.5 Å². The summed E-state index contributed by atoms with van der Waals surface area (Å²) >= 11 is 0. The summed E-state index contributed by atoms with van der Waals surface area (Å²) in [5, 5.41) is 8.25. The summed E-state index contributed by atoms with van der Waals surface area (Å²) in [7, 11) is 0. The SMILES string of the molecule is C[C@H](NC(=O)Cc1cc(F)cc(F)c1)C(=O)N[C@H]1CC(c2ccccc2)=C[C@H](c2ccccc2)NC1=O. The van der Waals surface area contributed by atoms with Crippen molar-refractivity contribution in [1.29, 1.82) is 0 Å². The molecule has 3 aromatic carbocycles. The lowest BCUT2D eigenvalue weighted by molar-refractivity contribution is -0.131. The lowest BCUT2D eigenvalue weighted by Crippen LogP contribution is -2.52. The molecule has 0 unspecified atom stereocenters. The van der Waals surface area contributed by atoms with Crippen molar-refractivity contribution in [2.45, 2.75) is 37.9 Å². The van der Waals surface area contributed by atoms with E-state index < -0.39 is 35.5 Å². The third-order valence-corrected chi connectivity index (χ3v) is 6.08. The topological polar surface area (TPSA) is 87.3 Å². The second-order valence-corrected chi connectivity index (χ2v) is 8.96. The van der Waals surface area contributed by atoms with Gasteiger partial charge in [0.2, 0.25) is 17.7 Å². The fraction of sp³-hybridized carbons (Fsp3) is 0.207. The van der Waals surface area contributed by atoms with E-state index in [0.717, 1.165) is 34.9 Å². The van der Waals surface area contributed by atoms with E-state index in [2.05, 4.69) is 16.0 Å². The van der Waals surface area contributed by atoms with Gasteiger partial charge in [-0.05, 0) is 41.3 Å². The van der Waals surface area contributed by atoms with Gasteiger partial charge in [-0.3, -0.25) is 14.4 Å². The third-order valence-electron chi connectivity index (χ3n) is 6.08. The van der Waals surface area contributed by atoms with Gasteiger partial charge in [0.1, 0.15) is 23.7 Å². The van der Waals surface area contributed by atoms with Gasteiger partial charge in [-0.25, -0.2) is 8.78 Å². The molecule has 3 atom stereocenters. The number of halogens is 2. The minimum Gasteiger partial charge on any atom is -0.344 e. The zero-order valence-electron chi connectivity index (χ0n) is 20.2. The normalized spacial score (nSPS) is 18.1. The van der Waals surface area contributed by atoms with Crippen LogP contribution in [0.2, 0.25) is 0 Å². The van der Waals surface area contributed by atoms with Crippen molar-refractivity contribution in [2.75, 3.05) is 0 Å². The zero-order chi connectivity index (χ0) is 26.4. The number of carbonyl (C=O) groups excluding carboxylic acids is 3. The Morgan fingerprint density at radius 3 is 2.24 bits per heavy atom. The highest BCUT2D eigenvalue weighted by molar-refractivity contribution is 5.94. The molecule has 0 radical (unpaired) electrons. The van der Waals surface area contributed by atoms with Gasteiger partial charge < -0.3 is 16.0 Å². The Morgan fingerprint density at radius 1 is 0.973 bits per heavy atom. The standard InChI is InChI=1S/C29H27F2N3O3/c1-18(32-27(35)14-19-12-23(30)17-24(31)13-19)28(36)34-26-16-22(20-8-4-2-5-9-20)15-25(33-29(26)37)21-10-6-3-7-11-21/h2-13,15,17-18,25-26H,14,16H2,1H3,(H,32,35)(H,33,37)(H,34,36)/t18-,25+,26-/m0/s1. The van der Waals surface area contributed by atoms with Crippen LogP contribution in [0.5, 0.6) is 0 Å². The van der Waals surface area contributed by atoms with Crippen LogP contribution in [0.1, 0.15) is 36.1 Å². The summed E-state index contributed by atoms with van der Waals surface area (Å²) in [4.78, 5) is 38.4. The van der Waals surface area contributed by atoms with E-state index in [9.17, 15) is 23.2 Å². The minimum atomic E-state index is -0.976. The Morgan fingerprint density at radius 2 is 1.59 bits per heavy atom. The summed E-state index contributed by atoms with van der Waals surface area (Å²) in [6, 6.07) is 19.7. The van der Waals surface area contributed by atoms with E-state index >= 15 is 0 Å². The van der Waals surface area contributed by atoms with E-state index in [-0.39, 0.29) is 30.4 Å². The molecule has 6 nitrogen and oxygen atoms in total. The van der Waals surface area contributed by atoms with Gasteiger partial charge in [0.15, 0.2) is 0 Å². The average Bonchev–Trinajstić information content (AvgIpc) is 3.03. The predicted octanol–water partition coefficient (Wildman–Crippen LogP) is 3.84. The smallest absolute Gasteiger partial charge is 0.243 e. The highest BCUT2D eigenvalue weighted by Crippen LogP contribution is 2.28. The molecular formula is C29H27F2N3O3. The lowest BCUT2D eigenvalue weighted by atomic mass is 9.96. The molecular weight excluding hydrogens is 476 g/mol. The van der Waals surface area contributed by atoms with E-state index in [0.29, 0.717) is 0 Å². The van der Waals surface area contributed by atoms with Crippen LogP contribution >= 0.6 is 0 Å². The number of amides is 3. The summed E-state index contributed by atoms with van der Waals surface area (Å²) in [6.07, 6.45) is 1.95. The van der Waals surface area contributed by atoms with Crippen molar-refractivity contribution < 1.29 is 23.2 Å². The first-order valence-electron chi connectivity index (χ1n) is 11.9. The second kappa shape index (κ2) is 11.6. The highest BCUT2D eigenvalue weighted by atomic mass is 19.1. The lowest BCUT2D eigenvalue weighted by Gasteiger charge is -2.21. The zero-order valence-corrected chi connectivity index (χ0v) is 20.2. The molecule has 0 spiro atoms. The Balaban J connectivity index is 1.46. The molecule has 37 heavy (non-hydrogen) atoms. The van der Waals surface area contributed by atoms with Crippen molar-refractivity contribution in [3.63, 3.8) is 0 Å². The van der Waals surface area contributed by atoms with E-state index in [1.165, 1.54) is 6.92 Å². The molecule has 190 valence electrons. The fourth-order valence-corrected chi connectivity index (χ4v) is 4.25. The molecule has 0 saturated heterocycles. The molecule has 1 heterocycles. The Hall–Kier alpha value is -4.33. The van der Waals surface area contributed by atoms with Crippen LogP contribution in [-0.2, 0) is 20.8 Å². The average molecular weight is 504 g/mol. The number of nitrogens with one attached hydrogen (secondary N) is 3. The van der Waals surface area contributed by atoms with Crippen LogP contribution in [0.25, 0.3) is 5.57 Å². The number of carbonyl (C=O) groups is 3. The molecule has 1 aliphatic heterocycles.